The summed E-state index contributed by atoms with van der Waals surface area (Å²) < 4.78 is 0. The molecule has 0 spiro atoms. The summed E-state index contributed by atoms with van der Waals surface area (Å²) in [6.07, 6.45) is 3.29. The summed E-state index contributed by atoms with van der Waals surface area (Å²) in [5.74, 6) is 0. The normalized spacial score (nSPS) is 22.5. The zero-order valence-electron chi connectivity index (χ0n) is 6.08. The molecule has 3 heteroatoms. The summed E-state index contributed by atoms with van der Waals surface area (Å²) in [5.41, 5.74) is 2.99. The van der Waals surface area contributed by atoms with Crippen LogP contribution in [0.5, 0.6) is 0 Å². The first-order valence-electron chi connectivity index (χ1n) is 3.63. The fourth-order valence-corrected chi connectivity index (χ4v) is 1.12. The van der Waals surface area contributed by atoms with Crippen LogP contribution >= 0.6 is 0 Å². The highest BCUT2D eigenvalue weighted by Gasteiger charge is 2.14. The molecule has 1 fully saturated rings. The van der Waals surface area contributed by atoms with E-state index >= 15 is 0 Å². The fourth-order valence-electron chi connectivity index (χ4n) is 1.12. The van der Waals surface area contributed by atoms with Crippen molar-refractivity contribution in [2.45, 2.75) is 18.9 Å². The predicted molar refractivity (Wildman–Crippen MR) is 40.1 cm³/mol. The Kier molecular flexibility index (Phi) is 2.71. The Morgan fingerprint density at radius 2 is 2.10 bits per heavy atom. The van der Waals surface area contributed by atoms with Crippen LogP contribution in [0.4, 0.5) is 0 Å². The van der Waals surface area contributed by atoms with E-state index in [1.165, 1.54) is 0 Å². The van der Waals surface area contributed by atoms with Gasteiger partial charge in [0.15, 0.2) is 0 Å². The van der Waals surface area contributed by atoms with Gasteiger partial charge in [0.05, 0.1) is 6.10 Å². The van der Waals surface area contributed by atoms with E-state index in [9.17, 15) is 0 Å². The lowest BCUT2D eigenvalue weighted by Gasteiger charge is -2.28. The number of nitrogens with one attached hydrogen (secondary N) is 1. The highest BCUT2D eigenvalue weighted by atomic mass is 16.3. The van der Waals surface area contributed by atoms with E-state index in [4.69, 9.17) is 5.11 Å². The van der Waals surface area contributed by atoms with Crippen molar-refractivity contribution in [3.8, 4) is 0 Å². The van der Waals surface area contributed by atoms with Gasteiger partial charge in [0.2, 0.25) is 0 Å². The first-order valence-corrected chi connectivity index (χ1v) is 3.63. The third-order valence-corrected chi connectivity index (χ3v) is 1.74. The molecule has 1 aliphatic heterocycles. The van der Waals surface area contributed by atoms with Gasteiger partial charge in [0, 0.05) is 19.3 Å². The average Bonchev–Trinajstić information content (AvgIpc) is 1.95. The molecule has 0 aromatic heterocycles. The smallest absolute Gasteiger partial charge is 0.0566 e. The molecule has 0 radical (unpaired) electrons. The molecule has 1 heterocycles. The highest BCUT2D eigenvalue weighted by molar-refractivity contribution is 4.71. The number of hydrogen-bond donors (Lipinski definition) is 2. The summed E-state index contributed by atoms with van der Waals surface area (Å²) >= 11 is 0. The predicted octanol–water partition coefficient (Wildman–Crippen LogP) is 0.0912. The number of nitrogens with zero attached hydrogens (tertiary/aromatic N) is 1. The molecule has 2 N–H and O–H groups in total. The SMILES string of the molecule is C=CNN1CCC(O)CC1. The van der Waals surface area contributed by atoms with Gasteiger partial charge in [-0.1, -0.05) is 6.58 Å². The molecule has 0 saturated carbocycles. The molecular formula is C7H14N2O. The fraction of sp³-hybridized carbons (Fsp3) is 0.714. The second kappa shape index (κ2) is 3.58. The third-order valence-electron chi connectivity index (χ3n) is 1.74. The first-order chi connectivity index (χ1) is 4.83. The van der Waals surface area contributed by atoms with Gasteiger partial charge in [0.25, 0.3) is 0 Å². The third kappa shape index (κ3) is 2.01. The van der Waals surface area contributed by atoms with Gasteiger partial charge in [-0.05, 0) is 12.8 Å². The monoisotopic (exact) mass is 142 g/mol. The van der Waals surface area contributed by atoms with Gasteiger partial charge in [-0.15, -0.1) is 0 Å². The second-order valence-corrected chi connectivity index (χ2v) is 2.55. The minimum absolute atomic E-state index is 0.0946. The van der Waals surface area contributed by atoms with Crippen LogP contribution in [0.2, 0.25) is 0 Å². The van der Waals surface area contributed by atoms with Crippen molar-refractivity contribution < 1.29 is 5.11 Å². The summed E-state index contributed by atoms with van der Waals surface area (Å²) in [6.45, 7) is 5.38. The van der Waals surface area contributed by atoms with Crippen molar-refractivity contribution in [2.24, 2.45) is 0 Å². The number of piperidine rings is 1. The lowest BCUT2D eigenvalue weighted by Crippen LogP contribution is -2.42. The molecule has 0 unspecified atom stereocenters. The van der Waals surface area contributed by atoms with Crippen LogP contribution < -0.4 is 5.43 Å². The molecule has 0 atom stereocenters. The average molecular weight is 142 g/mol. The molecule has 0 aliphatic carbocycles. The second-order valence-electron chi connectivity index (χ2n) is 2.55. The maximum atomic E-state index is 9.11. The minimum atomic E-state index is -0.0946. The van der Waals surface area contributed by atoms with Crippen molar-refractivity contribution in [1.82, 2.24) is 10.4 Å². The van der Waals surface area contributed by atoms with Crippen LogP contribution in [0.25, 0.3) is 0 Å². The van der Waals surface area contributed by atoms with E-state index in [0.717, 1.165) is 25.9 Å². The standard InChI is InChI=1S/C7H14N2O/c1-2-8-9-5-3-7(10)4-6-9/h2,7-8,10H,1,3-6H2. The molecule has 1 aliphatic rings. The molecular weight excluding hydrogens is 128 g/mol. The van der Waals surface area contributed by atoms with Crippen molar-refractivity contribution >= 4 is 0 Å². The zero-order chi connectivity index (χ0) is 7.40. The molecule has 58 valence electrons. The summed E-state index contributed by atoms with van der Waals surface area (Å²) in [7, 11) is 0. The van der Waals surface area contributed by atoms with E-state index in [1.54, 1.807) is 6.20 Å². The van der Waals surface area contributed by atoms with Crippen molar-refractivity contribution in [3.05, 3.63) is 12.8 Å². The number of hydrazine groups is 1. The van der Waals surface area contributed by atoms with Gasteiger partial charge in [-0.3, -0.25) is 0 Å². The summed E-state index contributed by atoms with van der Waals surface area (Å²) in [5, 5.41) is 11.2. The Morgan fingerprint density at radius 3 is 2.60 bits per heavy atom. The topological polar surface area (TPSA) is 35.5 Å². The number of hydrogen-bond acceptors (Lipinski definition) is 3. The summed E-state index contributed by atoms with van der Waals surface area (Å²) in [6, 6.07) is 0. The Hall–Kier alpha value is -0.540. The molecule has 1 rings (SSSR count). The van der Waals surface area contributed by atoms with E-state index < -0.39 is 0 Å². The number of aliphatic hydroxyl groups is 1. The van der Waals surface area contributed by atoms with Crippen LogP contribution in [0, 0.1) is 0 Å². The van der Waals surface area contributed by atoms with Crippen molar-refractivity contribution in [3.63, 3.8) is 0 Å². The maximum Gasteiger partial charge on any atom is 0.0566 e. The molecule has 0 aromatic carbocycles. The largest absolute Gasteiger partial charge is 0.393 e. The van der Waals surface area contributed by atoms with E-state index in [0.29, 0.717) is 0 Å². The van der Waals surface area contributed by atoms with Gasteiger partial charge in [-0.2, -0.15) is 0 Å². The van der Waals surface area contributed by atoms with Crippen LogP contribution in [0.3, 0.4) is 0 Å². The van der Waals surface area contributed by atoms with Gasteiger partial charge >= 0.3 is 0 Å². The minimum Gasteiger partial charge on any atom is -0.393 e. The van der Waals surface area contributed by atoms with Gasteiger partial charge < -0.3 is 10.5 Å². The molecule has 0 bridgehead atoms. The van der Waals surface area contributed by atoms with Gasteiger partial charge in [0.1, 0.15) is 0 Å². The molecule has 0 aromatic rings. The molecule has 10 heavy (non-hydrogen) atoms. The Bertz CT molecular complexity index is 108. The Morgan fingerprint density at radius 1 is 1.50 bits per heavy atom. The van der Waals surface area contributed by atoms with Crippen LogP contribution in [-0.2, 0) is 0 Å². The number of rotatable bonds is 2. The van der Waals surface area contributed by atoms with Crippen LogP contribution in [0.15, 0.2) is 12.8 Å². The van der Waals surface area contributed by atoms with Crippen molar-refractivity contribution in [2.75, 3.05) is 13.1 Å². The first kappa shape index (κ1) is 7.57. The van der Waals surface area contributed by atoms with Crippen LogP contribution in [-0.4, -0.2) is 29.3 Å². The molecule has 3 nitrogen and oxygen atoms in total. The Labute approximate surface area is 61.3 Å². The van der Waals surface area contributed by atoms with Crippen LogP contribution in [0.1, 0.15) is 12.8 Å². The van der Waals surface area contributed by atoms with E-state index in [2.05, 4.69) is 17.0 Å². The summed E-state index contributed by atoms with van der Waals surface area (Å²) in [4.78, 5) is 0. The lowest BCUT2D eigenvalue weighted by atomic mass is 10.1. The van der Waals surface area contributed by atoms with E-state index in [1.807, 2.05) is 0 Å². The van der Waals surface area contributed by atoms with E-state index in [-0.39, 0.29) is 6.10 Å². The highest BCUT2D eigenvalue weighted by Crippen LogP contribution is 2.06. The molecule has 0 amide bonds. The number of aliphatic hydroxyl groups excluding tert-OH is 1. The Balaban J connectivity index is 2.19. The van der Waals surface area contributed by atoms with Gasteiger partial charge in [-0.25, -0.2) is 5.01 Å². The zero-order valence-corrected chi connectivity index (χ0v) is 6.08. The lowest BCUT2D eigenvalue weighted by molar-refractivity contribution is 0.0662. The molecule has 1 saturated heterocycles. The maximum absolute atomic E-state index is 9.11. The van der Waals surface area contributed by atoms with Crippen molar-refractivity contribution in [1.29, 1.82) is 0 Å². The quantitative estimate of drug-likeness (QED) is 0.573.